The van der Waals surface area contributed by atoms with Gasteiger partial charge in [0.15, 0.2) is 0 Å². The Morgan fingerprint density at radius 2 is 1.76 bits per heavy atom. The van der Waals surface area contributed by atoms with Crippen LogP contribution in [0, 0.1) is 6.92 Å². The van der Waals surface area contributed by atoms with Crippen molar-refractivity contribution < 1.29 is 22.7 Å². The zero-order chi connectivity index (χ0) is 18.4. The van der Waals surface area contributed by atoms with E-state index in [1.54, 1.807) is 30.3 Å². The lowest BCUT2D eigenvalue weighted by atomic mass is 10.2. The molecule has 0 amide bonds. The van der Waals surface area contributed by atoms with Crippen LogP contribution in [-0.2, 0) is 19.6 Å². The molecule has 0 heterocycles. The molecular weight excluding hydrogens is 342 g/mol. The molecule has 2 aromatic rings. The van der Waals surface area contributed by atoms with E-state index in [4.69, 9.17) is 4.74 Å². The van der Waals surface area contributed by atoms with Crippen LogP contribution in [0.5, 0.6) is 5.75 Å². The molecule has 0 bridgehead atoms. The fourth-order valence-electron chi connectivity index (χ4n) is 2.06. The summed E-state index contributed by atoms with van der Waals surface area (Å²) >= 11 is 0. The van der Waals surface area contributed by atoms with Gasteiger partial charge in [-0.2, -0.15) is 0 Å². The fourth-order valence-corrected chi connectivity index (χ4v) is 3.12. The second-order valence-electron chi connectivity index (χ2n) is 5.23. The number of ether oxygens (including phenoxy) is 2. The van der Waals surface area contributed by atoms with Crippen LogP contribution in [-0.4, -0.2) is 28.6 Å². The number of rotatable bonds is 6. The van der Waals surface area contributed by atoms with Crippen molar-refractivity contribution in [1.29, 1.82) is 0 Å². The number of benzene rings is 2. The summed E-state index contributed by atoms with van der Waals surface area (Å²) in [4.78, 5) is 11.3. The van der Waals surface area contributed by atoms with Crippen molar-refractivity contribution in [2.75, 3.05) is 18.9 Å². The molecule has 0 spiro atoms. The first kappa shape index (κ1) is 18.5. The van der Waals surface area contributed by atoms with Crippen LogP contribution in [0.4, 0.5) is 5.69 Å². The van der Waals surface area contributed by atoms with E-state index in [0.717, 1.165) is 5.56 Å². The molecule has 0 aliphatic heterocycles. The van der Waals surface area contributed by atoms with Gasteiger partial charge in [-0.3, -0.25) is 4.72 Å². The maximum atomic E-state index is 12.5. The van der Waals surface area contributed by atoms with Gasteiger partial charge in [0, 0.05) is 6.08 Å². The number of esters is 1. The number of hydrogen-bond acceptors (Lipinski definition) is 5. The molecule has 2 rings (SSSR count). The summed E-state index contributed by atoms with van der Waals surface area (Å²) in [6.07, 6.45) is 2.77. The highest BCUT2D eigenvalue weighted by Crippen LogP contribution is 2.28. The summed E-state index contributed by atoms with van der Waals surface area (Å²) in [5.74, 6) is -0.136. The molecule has 0 aromatic heterocycles. The highest BCUT2D eigenvalue weighted by atomic mass is 32.2. The van der Waals surface area contributed by atoms with Gasteiger partial charge >= 0.3 is 5.97 Å². The van der Waals surface area contributed by atoms with Crippen LogP contribution >= 0.6 is 0 Å². The van der Waals surface area contributed by atoms with Gasteiger partial charge in [0.25, 0.3) is 10.0 Å². The summed E-state index contributed by atoms with van der Waals surface area (Å²) in [5.41, 5.74) is 1.86. The first-order chi connectivity index (χ1) is 11.9. The third kappa shape index (κ3) is 4.84. The van der Waals surface area contributed by atoms with E-state index < -0.39 is 16.0 Å². The molecule has 2 aromatic carbocycles. The van der Waals surface area contributed by atoms with Gasteiger partial charge in [0.2, 0.25) is 0 Å². The molecule has 25 heavy (non-hydrogen) atoms. The summed E-state index contributed by atoms with van der Waals surface area (Å²) < 4.78 is 37.3. The summed E-state index contributed by atoms with van der Waals surface area (Å²) in [6.45, 7) is 1.88. The first-order valence-electron chi connectivity index (χ1n) is 7.39. The normalized spacial score (nSPS) is 11.3. The van der Waals surface area contributed by atoms with E-state index in [1.807, 2.05) is 6.92 Å². The highest BCUT2D eigenvalue weighted by Gasteiger charge is 2.16. The van der Waals surface area contributed by atoms with Crippen molar-refractivity contribution >= 4 is 27.8 Å². The predicted octanol–water partition coefficient (Wildman–Crippen LogP) is 2.99. The SMILES string of the molecule is COC(=O)C=Cc1ccc(OC)c(NS(=O)(=O)c2ccc(C)cc2)c1. The Balaban J connectivity index is 2.35. The molecule has 0 radical (unpaired) electrons. The Morgan fingerprint density at radius 3 is 2.36 bits per heavy atom. The molecule has 0 aliphatic rings. The molecule has 0 saturated heterocycles. The second kappa shape index (κ2) is 7.85. The standard InChI is InChI=1S/C18H19NO5S/c1-13-4-8-15(9-5-13)25(21,22)19-16-12-14(6-10-17(16)23-2)7-11-18(20)24-3/h4-12,19H,1-3H3. The van der Waals surface area contributed by atoms with Gasteiger partial charge in [-0.05, 0) is 42.8 Å². The van der Waals surface area contributed by atoms with Gasteiger partial charge in [-0.25, -0.2) is 13.2 Å². The zero-order valence-corrected chi connectivity index (χ0v) is 15.0. The lowest BCUT2D eigenvalue weighted by molar-refractivity contribution is -0.134. The number of nitrogens with one attached hydrogen (secondary N) is 1. The van der Waals surface area contributed by atoms with Crippen LogP contribution in [0.15, 0.2) is 53.4 Å². The van der Waals surface area contributed by atoms with Crippen molar-refractivity contribution in [2.45, 2.75) is 11.8 Å². The molecule has 0 aliphatic carbocycles. The van der Waals surface area contributed by atoms with Crippen molar-refractivity contribution in [3.05, 3.63) is 59.7 Å². The summed E-state index contributed by atoms with van der Waals surface area (Å²) in [5, 5.41) is 0. The maximum Gasteiger partial charge on any atom is 0.330 e. The molecule has 0 saturated carbocycles. The maximum absolute atomic E-state index is 12.5. The van der Waals surface area contributed by atoms with Gasteiger partial charge in [0.1, 0.15) is 5.75 Å². The Morgan fingerprint density at radius 1 is 1.08 bits per heavy atom. The van der Waals surface area contributed by atoms with Crippen LogP contribution in [0.1, 0.15) is 11.1 Å². The lowest BCUT2D eigenvalue weighted by Crippen LogP contribution is -2.13. The Labute approximate surface area is 147 Å². The average molecular weight is 361 g/mol. The minimum atomic E-state index is -3.76. The minimum Gasteiger partial charge on any atom is -0.495 e. The number of methoxy groups -OCH3 is 2. The molecular formula is C18H19NO5S. The fraction of sp³-hybridized carbons (Fsp3) is 0.167. The van der Waals surface area contributed by atoms with Crippen LogP contribution in [0.25, 0.3) is 6.08 Å². The van der Waals surface area contributed by atoms with E-state index in [2.05, 4.69) is 9.46 Å². The summed E-state index contributed by atoms with van der Waals surface area (Å²) in [7, 11) is -1.03. The molecule has 132 valence electrons. The molecule has 7 heteroatoms. The quantitative estimate of drug-likeness (QED) is 0.632. The molecule has 6 nitrogen and oxygen atoms in total. The molecule has 0 atom stereocenters. The van der Waals surface area contributed by atoms with Crippen LogP contribution in [0.2, 0.25) is 0 Å². The third-order valence-corrected chi connectivity index (χ3v) is 4.79. The molecule has 0 unspecified atom stereocenters. The third-order valence-electron chi connectivity index (χ3n) is 3.41. The highest BCUT2D eigenvalue weighted by molar-refractivity contribution is 7.92. The number of anilines is 1. The van der Waals surface area contributed by atoms with Gasteiger partial charge < -0.3 is 9.47 Å². The van der Waals surface area contributed by atoms with Gasteiger partial charge in [-0.1, -0.05) is 23.8 Å². The monoisotopic (exact) mass is 361 g/mol. The number of hydrogen-bond donors (Lipinski definition) is 1. The Kier molecular flexibility index (Phi) is 5.82. The topological polar surface area (TPSA) is 81.7 Å². The van der Waals surface area contributed by atoms with Crippen molar-refractivity contribution in [2.24, 2.45) is 0 Å². The van der Waals surface area contributed by atoms with Crippen molar-refractivity contribution in [3.8, 4) is 5.75 Å². The number of aryl methyl sites for hydroxylation is 1. The lowest BCUT2D eigenvalue weighted by Gasteiger charge is -2.13. The Hall–Kier alpha value is -2.80. The average Bonchev–Trinajstić information content (AvgIpc) is 2.59. The number of sulfonamides is 1. The summed E-state index contributed by atoms with van der Waals surface area (Å²) in [6, 6.07) is 11.4. The van der Waals surface area contributed by atoms with Crippen LogP contribution < -0.4 is 9.46 Å². The van der Waals surface area contributed by atoms with E-state index in [1.165, 1.54) is 38.5 Å². The van der Waals surface area contributed by atoms with Crippen molar-refractivity contribution in [3.63, 3.8) is 0 Å². The smallest absolute Gasteiger partial charge is 0.330 e. The van der Waals surface area contributed by atoms with Gasteiger partial charge in [-0.15, -0.1) is 0 Å². The predicted molar refractivity (Wildman–Crippen MR) is 96.0 cm³/mol. The van der Waals surface area contributed by atoms with E-state index in [-0.39, 0.29) is 10.6 Å². The van der Waals surface area contributed by atoms with E-state index in [0.29, 0.717) is 11.3 Å². The largest absolute Gasteiger partial charge is 0.495 e. The molecule has 0 fully saturated rings. The van der Waals surface area contributed by atoms with Crippen LogP contribution in [0.3, 0.4) is 0 Å². The number of carbonyl (C=O) groups is 1. The van der Waals surface area contributed by atoms with Crippen molar-refractivity contribution in [1.82, 2.24) is 0 Å². The minimum absolute atomic E-state index is 0.149. The second-order valence-corrected chi connectivity index (χ2v) is 6.92. The first-order valence-corrected chi connectivity index (χ1v) is 8.87. The zero-order valence-electron chi connectivity index (χ0n) is 14.1. The van der Waals surface area contributed by atoms with Gasteiger partial charge in [0.05, 0.1) is 24.8 Å². The molecule has 1 N–H and O–H groups in total. The Bertz CT molecular complexity index is 886. The van der Waals surface area contributed by atoms with E-state index >= 15 is 0 Å². The van der Waals surface area contributed by atoms with E-state index in [9.17, 15) is 13.2 Å². The number of carbonyl (C=O) groups excluding carboxylic acids is 1.